The van der Waals surface area contributed by atoms with Crippen LogP contribution in [-0.4, -0.2) is 79.2 Å². The van der Waals surface area contributed by atoms with Crippen molar-refractivity contribution < 1.29 is 19.4 Å². The fourth-order valence-electron chi connectivity index (χ4n) is 4.81. The van der Waals surface area contributed by atoms with Crippen LogP contribution in [0, 0.1) is 5.92 Å². The number of anilines is 1. The standard InChI is InChI=1S/C25H29N7O5/c33-22(16-1-2-16)30-9-7-25(36,8-10-30)14-31-15-26-21-20(23(31)34)11-27-32(21)19-5-3-17(4-6-19)28-24(35)29-18-12-37-13-18/h3-6,11,15-16,18,36H,1-2,7-10,12-14H2,(H2,28,29,35). The van der Waals surface area contributed by atoms with E-state index in [-0.39, 0.29) is 36.0 Å². The summed E-state index contributed by atoms with van der Waals surface area (Å²) in [6.07, 6.45) is 5.67. The summed E-state index contributed by atoms with van der Waals surface area (Å²) in [5.74, 6) is 0.349. The van der Waals surface area contributed by atoms with Gasteiger partial charge in [0.1, 0.15) is 11.7 Å². The highest BCUT2D eigenvalue weighted by molar-refractivity contribution is 5.89. The Kier molecular flexibility index (Phi) is 5.92. The Morgan fingerprint density at radius 3 is 2.51 bits per heavy atom. The predicted octanol–water partition coefficient (Wildman–Crippen LogP) is 0.866. The Balaban J connectivity index is 1.14. The topological polar surface area (TPSA) is 144 Å². The number of hydrogen-bond donors (Lipinski definition) is 3. The molecule has 2 aromatic heterocycles. The second kappa shape index (κ2) is 9.27. The van der Waals surface area contributed by atoms with Crippen molar-refractivity contribution in [2.24, 2.45) is 5.92 Å². The van der Waals surface area contributed by atoms with Gasteiger partial charge in [-0.2, -0.15) is 5.10 Å². The zero-order valence-corrected chi connectivity index (χ0v) is 20.3. The number of amides is 3. The highest BCUT2D eigenvalue weighted by atomic mass is 16.5. The lowest BCUT2D eigenvalue weighted by Crippen LogP contribution is -2.50. The zero-order chi connectivity index (χ0) is 25.6. The van der Waals surface area contributed by atoms with Gasteiger partial charge in [-0.05, 0) is 49.9 Å². The molecule has 2 saturated heterocycles. The van der Waals surface area contributed by atoms with Crippen LogP contribution in [-0.2, 0) is 16.1 Å². The van der Waals surface area contributed by atoms with Gasteiger partial charge in [-0.1, -0.05) is 0 Å². The summed E-state index contributed by atoms with van der Waals surface area (Å²) in [5.41, 5.74) is 0.351. The average molecular weight is 508 g/mol. The molecule has 1 saturated carbocycles. The molecule has 37 heavy (non-hydrogen) atoms. The van der Waals surface area contributed by atoms with Crippen molar-refractivity contribution in [3.05, 3.63) is 47.1 Å². The summed E-state index contributed by atoms with van der Waals surface area (Å²) in [7, 11) is 0. The van der Waals surface area contributed by atoms with Crippen LogP contribution >= 0.6 is 0 Å². The van der Waals surface area contributed by atoms with E-state index < -0.39 is 5.60 Å². The smallest absolute Gasteiger partial charge is 0.319 e. The van der Waals surface area contributed by atoms with Crippen LogP contribution in [0.4, 0.5) is 10.5 Å². The van der Waals surface area contributed by atoms with Gasteiger partial charge in [-0.25, -0.2) is 14.5 Å². The SMILES string of the molecule is O=C(Nc1ccc(-n2ncc3c(=O)n(CC4(O)CCN(C(=O)C5CC5)CC4)cnc32)cc1)NC1COC1. The number of fused-ring (bicyclic) bond motifs is 1. The quantitative estimate of drug-likeness (QED) is 0.449. The van der Waals surface area contributed by atoms with E-state index in [1.54, 1.807) is 28.9 Å². The van der Waals surface area contributed by atoms with Gasteiger partial charge in [0, 0.05) is 24.7 Å². The molecule has 3 amide bonds. The van der Waals surface area contributed by atoms with Gasteiger partial charge in [0.05, 0.1) is 43.3 Å². The van der Waals surface area contributed by atoms with Gasteiger partial charge >= 0.3 is 6.03 Å². The second-order valence-electron chi connectivity index (χ2n) is 10.2. The van der Waals surface area contributed by atoms with Crippen molar-refractivity contribution in [1.82, 2.24) is 29.5 Å². The molecule has 1 aromatic carbocycles. The summed E-state index contributed by atoms with van der Waals surface area (Å²) < 4.78 is 8.04. The Hall–Kier alpha value is -3.77. The second-order valence-corrected chi connectivity index (χ2v) is 10.2. The van der Waals surface area contributed by atoms with Crippen molar-refractivity contribution in [1.29, 1.82) is 0 Å². The van der Waals surface area contributed by atoms with Crippen molar-refractivity contribution in [3.8, 4) is 5.69 Å². The van der Waals surface area contributed by atoms with E-state index in [1.807, 2.05) is 4.90 Å². The van der Waals surface area contributed by atoms with Crippen LogP contribution in [0.15, 0.2) is 41.6 Å². The van der Waals surface area contributed by atoms with Crippen LogP contribution in [0.5, 0.6) is 0 Å². The monoisotopic (exact) mass is 507 g/mol. The van der Waals surface area contributed by atoms with Gasteiger partial charge in [0.2, 0.25) is 5.91 Å². The van der Waals surface area contributed by atoms with Crippen molar-refractivity contribution >= 4 is 28.7 Å². The Morgan fingerprint density at radius 2 is 1.86 bits per heavy atom. The molecule has 0 bridgehead atoms. The summed E-state index contributed by atoms with van der Waals surface area (Å²) in [4.78, 5) is 43.8. The lowest BCUT2D eigenvalue weighted by atomic mass is 9.91. The normalized spacial score (nSPS) is 19.4. The van der Waals surface area contributed by atoms with E-state index >= 15 is 0 Å². The molecule has 12 nitrogen and oxygen atoms in total. The highest BCUT2D eigenvalue weighted by Gasteiger charge is 2.39. The number of aliphatic hydroxyl groups is 1. The van der Waals surface area contributed by atoms with Crippen molar-refractivity contribution in [2.75, 3.05) is 31.6 Å². The molecule has 1 aliphatic carbocycles. The molecule has 3 aromatic rings. The summed E-state index contributed by atoms with van der Waals surface area (Å²) in [6.45, 7) is 2.14. The minimum absolute atomic E-state index is 0.0369. The number of nitrogens with zero attached hydrogens (tertiary/aromatic N) is 5. The molecule has 2 aliphatic heterocycles. The van der Waals surface area contributed by atoms with Crippen LogP contribution in [0.3, 0.4) is 0 Å². The van der Waals surface area contributed by atoms with E-state index in [0.717, 1.165) is 12.8 Å². The Morgan fingerprint density at radius 1 is 1.14 bits per heavy atom. The molecule has 12 heteroatoms. The molecule has 3 aliphatic rings. The molecule has 0 atom stereocenters. The number of ether oxygens (including phenoxy) is 1. The number of benzene rings is 1. The molecule has 0 radical (unpaired) electrons. The first kappa shape index (κ1) is 23.6. The number of likely N-dealkylation sites (tertiary alicyclic amines) is 1. The third-order valence-corrected chi connectivity index (χ3v) is 7.29. The van der Waals surface area contributed by atoms with Crippen LogP contribution in [0.1, 0.15) is 25.7 Å². The number of piperidine rings is 1. The zero-order valence-electron chi connectivity index (χ0n) is 20.3. The minimum Gasteiger partial charge on any atom is -0.388 e. The number of urea groups is 1. The molecular formula is C25H29N7O5. The number of carbonyl (C=O) groups is 2. The maximum atomic E-state index is 13.2. The number of hydrogen-bond acceptors (Lipinski definition) is 7. The van der Waals surface area contributed by atoms with Crippen LogP contribution in [0.2, 0.25) is 0 Å². The number of aromatic nitrogens is 4. The molecular weight excluding hydrogens is 478 g/mol. The number of rotatable bonds is 6. The first-order chi connectivity index (χ1) is 17.9. The predicted molar refractivity (Wildman–Crippen MR) is 133 cm³/mol. The molecule has 194 valence electrons. The first-order valence-corrected chi connectivity index (χ1v) is 12.6. The lowest BCUT2D eigenvalue weighted by Gasteiger charge is -2.38. The Labute approximate surface area is 212 Å². The van der Waals surface area contributed by atoms with Gasteiger partial charge in [-0.15, -0.1) is 0 Å². The van der Waals surface area contributed by atoms with E-state index in [9.17, 15) is 19.5 Å². The van der Waals surface area contributed by atoms with Crippen LogP contribution < -0.4 is 16.2 Å². The number of nitrogens with one attached hydrogen (secondary N) is 2. The van der Waals surface area contributed by atoms with E-state index in [1.165, 1.54) is 17.1 Å². The Bertz CT molecular complexity index is 1380. The van der Waals surface area contributed by atoms with Crippen molar-refractivity contribution in [2.45, 2.75) is 43.9 Å². The molecule has 0 unspecified atom stereocenters. The highest BCUT2D eigenvalue weighted by Crippen LogP contribution is 2.33. The molecule has 0 spiro atoms. The largest absolute Gasteiger partial charge is 0.388 e. The lowest BCUT2D eigenvalue weighted by molar-refractivity contribution is -0.137. The molecule has 6 rings (SSSR count). The fraction of sp³-hybridized carbons (Fsp3) is 0.480. The van der Waals surface area contributed by atoms with Gasteiger partial charge in [0.25, 0.3) is 5.56 Å². The van der Waals surface area contributed by atoms with Gasteiger partial charge < -0.3 is 25.4 Å². The van der Waals surface area contributed by atoms with E-state index in [2.05, 4.69) is 20.7 Å². The molecule has 3 N–H and O–H groups in total. The first-order valence-electron chi connectivity index (χ1n) is 12.6. The number of carbonyl (C=O) groups excluding carboxylic acids is 2. The molecule has 3 fully saturated rings. The van der Waals surface area contributed by atoms with Crippen LogP contribution in [0.25, 0.3) is 16.7 Å². The summed E-state index contributed by atoms with van der Waals surface area (Å²) in [6, 6.07) is 6.79. The summed E-state index contributed by atoms with van der Waals surface area (Å²) >= 11 is 0. The van der Waals surface area contributed by atoms with Gasteiger partial charge in [0.15, 0.2) is 5.65 Å². The van der Waals surface area contributed by atoms with Crippen molar-refractivity contribution in [3.63, 3.8) is 0 Å². The van der Waals surface area contributed by atoms with E-state index in [4.69, 9.17) is 4.74 Å². The fourth-order valence-corrected chi connectivity index (χ4v) is 4.81. The van der Waals surface area contributed by atoms with Gasteiger partial charge in [-0.3, -0.25) is 14.2 Å². The van der Waals surface area contributed by atoms with E-state index in [0.29, 0.717) is 61.6 Å². The maximum Gasteiger partial charge on any atom is 0.319 e. The maximum absolute atomic E-state index is 13.2. The third kappa shape index (κ3) is 4.81. The third-order valence-electron chi connectivity index (χ3n) is 7.29. The minimum atomic E-state index is -1.07. The molecule has 4 heterocycles. The average Bonchev–Trinajstić information content (AvgIpc) is 3.63. The summed E-state index contributed by atoms with van der Waals surface area (Å²) in [5, 5.41) is 21.4.